The van der Waals surface area contributed by atoms with Crippen molar-refractivity contribution >= 4 is 58.0 Å². The second-order valence-electron chi connectivity index (χ2n) is 0.832. The van der Waals surface area contributed by atoms with Gasteiger partial charge >= 0.3 is 0 Å². The van der Waals surface area contributed by atoms with Crippen LogP contribution in [0.5, 0.6) is 0 Å². The molecule has 5 heteroatoms. The lowest BCUT2D eigenvalue weighted by Gasteiger charge is -1.57. The SMILES string of the molecule is C=C(Cl)Cl.C=C(Cl)Cl.C=CCl. The lowest BCUT2D eigenvalue weighted by Crippen LogP contribution is -1.24. The van der Waals surface area contributed by atoms with Gasteiger partial charge in [0.05, 0.1) is 8.98 Å². The Morgan fingerprint density at radius 1 is 0.909 bits per heavy atom. The fourth-order valence-corrected chi connectivity index (χ4v) is 0. The smallest absolute Gasteiger partial charge is 0.0936 e. The molecule has 0 aromatic rings. The van der Waals surface area contributed by atoms with E-state index in [0.717, 1.165) is 0 Å². The topological polar surface area (TPSA) is 0 Å². The van der Waals surface area contributed by atoms with Gasteiger partial charge in [0.15, 0.2) is 0 Å². The van der Waals surface area contributed by atoms with Crippen molar-refractivity contribution in [3.63, 3.8) is 0 Å². The highest BCUT2D eigenvalue weighted by molar-refractivity contribution is 6.55. The van der Waals surface area contributed by atoms with Crippen molar-refractivity contribution in [3.8, 4) is 0 Å². The zero-order chi connectivity index (χ0) is 9.86. The molecule has 0 spiro atoms. The van der Waals surface area contributed by atoms with E-state index >= 15 is 0 Å². The molecule has 0 atom stereocenters. The Hall–Kier alpha value is 0.670. The number of hydrogen-bond donors (Lipinski definition) is 0. The van der Waals surface area contributed by atoms with Crippen LogP contribution in [0.2, 0.25) is 0 Å². The van der Waals surface area contributed by atoms with E-state index in [-0.39, 0.29) is 8.98 Å². The summed E-state index contributed by atoms with van der Waals surface area (Å²) in [5.74, 6) is 0. The molecule has 0 amide bonds. The van der Waals surface area contributed by atoms with E-state index in [1.54, 1.807) is 0 Å². The van der Waals surface area contributed by atoms with Crippen molar-refractivity contribution in [2.24, 2.45) is 0 Å². The Morgan fingerprint density at radius 2 is 0.909 bits per heavy atom. The largest absolute Gasteiger partial charge is 0.0992 e. The van der Waals surface area contributed by atoms with Gasteiger partial charge in [0.1, 0.15) is 0 Å². The van der Waals surface area contributed by atoms with Crippen LogP contribution in [0.4, 0.5) is 0 Å². The minimum absolute atomic E-state index is 0.111. The van der Waals surface area contributed by atoms with Crippen LogP contribution < -0.4 is 0 Å². The summed E-state index contributed by atoms with van der Waals surface area (Å²) in [7, 11) is 0. The van der Waals surface area contributed by atoms with Gasteiger partial charge in [-0.05, 0) is 5.54 Å². The van der Waals surface area contributed by atoms with Crippen LogP contribution in [0.1, 0.15) is 0 Å². The summed E-state index contributed by atoms with van der Waals surface area (Å²) in [6, 6.07) is 0. The van der Waals surface area contributed by atoms with Crippen molar-refractivity contribution in [1.29, 1.82) is 0 Å². The van der Waals surface area contributed by atoms with E-state index in [2.05, 4.69) is 19.7 Å². The van der Waals surface area contributed by atoms with Gasteiger partial charge in [-0.1, -0.05) is 77.7 Å². The van der Waals surface area contributed by atoms with Gasteiger partial charge in [0, 0.05) is 0 Å². The van der Waals surface area contributed by atoms with Crippen LogP contribution in [0.3, 0.4) is 0 Å². The van der Waals surface area contributed by atoms with Gasteiger partial charge in [-0.25, -0.2) is 0 Å². The first-order valence-corrected chi connectivity index (χ1v) is 4.04. The molecule has 0 aliphatic rings. The van der Waals surface area contributed by atoms with Crippen LogP contribution in [-0.4, -0.2) is 0 Å². The molecule has 0 unspecified atom stereocenters. The molecule has 0 nitrogen and oxygen atoms in total. The minimum Gasteiger partial charge on any atom is -0.0936 e. The van der Waals surface area contributed by atoms with Gasteiger partial charge in [-0.15, -0.1) is 0 Å². The van der Waals surface area contributed by atoms with Gasteiger partial charge in [-0.3, -0.25) is 0 Å². The van der Waals surface area contributed by atoms with Gasteiger partial charge < -0.3 is 0 Å². The van der Waals surface area contributed by atoms with Crippen molar-refractivity contribution in [2.45, 2.75) is 0 Å². The van der Waals surface area contributed by atoms with Crippen LogP contribution >= 0.6 is 58.0 Å². The van der Waals surface area contributed by atoms with E-state index in [4.69, 9.17) is 58.0 Å². The highest BCUT2D eigenvalue weighted by Crippen LogP contribution is 1.98. The molecule has 0 heterocycles. The molecule has 0 aromatic carbocycles. The predicted molar refractivity (Wildman–Crippen MR) is 57.7 cm³/mol. The van der Waals surface area contributed by atoms with Crippen molar-refractivity contribution in [1.82, 2.24) is 0 Å². The standard InChI is InChI=1S/2C2H2Cl2.C2H3Cl/c2*1-2(3)4;1-2-3/h2*1H2;2H,1H2. The minimum atomic E-state index is 0.111. The Labute approximate surface area is 92.0 Å². The molecule has 0 aromatic heterocycles. The Balaban J connectivity index is -0.0000000886. The molecule has 0 rings (SSSR count). The van der Waals surface area contributed by atoms with Crippen molar-refractivity contribution < 1.29 is 0 Å². The third kappa shape index (κ3) is 1790. The molecule has 0 saturated heterocycles. The van der Waals surface area contributed by atoms with Crippen molar-refractivity contribution in [2.75, 3.05) is 0 Å². The lowest BCUT2D eigenvalue weighted by atomic mass is 11.3. The Kier molecular flexibility index (Phi) is 27.3. The molecule has 0 aliphatic carbocycles. The summed E-state index contributed by atoms with van der Waals surface area (Å²) in [6.07, 6.45) is 0. The molecule has 0 N–H and O–H groups in total. The second kappa shape index (κ2) is 17.0. The van der Waals surface area contributed by atoms with Crippen LogP contribution in [0.25, 0.3) is 0 Å². The number of rotatable bonds is 0. The van der Waals surface area contributed by atoms with Crippen LogP contribution in [-0.2, 0) is 0 Å². The maximum absolute atomic E-state index is 4.85. The third-order valence-electron chi connectivity index (χ3n) is 0. The summed E-state index contributed by atoms with van der Waals surface area (Å²) in [6.45, 7) is 9.30. The fraction of sp³-hybridized carbons (Fsp3) is 0. The number of hydrogen-bond acceptors (Lipinski definition) is 0. The summed E-state index contributed by atoms with van der Waals surface area (Å²) in [5.41, 5.74) is 1.22. The van der Waals surface area contributed by atoms with Crippen LogP contribution in [0.15, 0.2) is 34.3 Å². The quantitative estimate of drug-likeness (QED) is 0.556. The lowest BCUT2D eigenvalue weighted by molar-refractivity contribution is 2.45. The maximum Gasteiger partial charge on any atom is 0.0992 e. The first-order chi connectivity index (χ1) is 4.88. The highest BCUT2D eigenvalue weighted by Gasteiger charge is 1.60. The van der Waals surface area contributed by atoms with E-state index < -0.39 is 0 Å². The molecular weight excluding hydrogens is 249 g/mol. The fourth-order valence-electron chi connectivity index (χ4n) is 0. The molecule has 0 bridgehead atoms. The monoisotopic (exact) mass is 254 g/mol. The van der Waals surface area contributed by atoms with E-state index in [1.807, 2.05) is 0 Å². The molecule has 11 heavy (non-hydrogen) atoms. The maximum atomic E-state index is 4.85. The Bertz CT molecular complexity index is 98.1. The number of halogens is 5. The Morgan fingerprint density at radius 3 is 0.909 bits per heavy atom. The van der Waals surface area contributed by atoms with E-state index in [1.165, 1.54) is 5.54 Å². The second-order valence-corrected chi connectivity index (χ2v) is 3.35. The normalized spacial score (nSPS) is 5.91. The third-order valence-corrected chi connectivity index (χ3v) is 0. The molecular formula is C6H7Cl5. The molecule has 0 radical (unpaired) electrons. The summed E-state index contributed by atoms with van der Waals surface area (Å²) < 4.78 is 0.222. The van der Waals surface area contributed by atoms with E-state index in [9.17, 15) is 0 Å². The zero-order valence-electron chi connectivity index (χ0n) is 5.59. The first-order valence-electron chi connectivity index (χ1n) is 2.09. The van der Waals surface area contributed by atoms with E-state index in [0.29, 0.717) is 0 Å². The summed E-state index contributed by atoms with van der Waals surface area (Å²) in [5, 5.41) is 0. The van der Waals surface area contributed by atoms with Crippen LogP contribution in [0, 0.1) is 0 Å². The zero-order valence-corrected chi connectivity index (χ0v) is 9.37. The van der Waals surface area contributed by atoms with Gasteiger partial charge in [0.25, 0.3) is 0 Å². The summed E-state index contributed by atoms with van der Waals surface area (Å²) in [4.78, 5) is 0. The summed E-state index contributed by atoms with van der Waals surface area (Å²) >= 11 is 24.1. The average Bonchev–Trinajstić information content (AvgIpc) is 1.60. The molecule has 0 aliphatic heterocycles. The average molecular weight is 256 g/mol. The highest BCUT2D eigenvalue weighted by atomic mass is 35.5. The first kappa shape index (κ1) is 17.7. The van der Waals surface area contributed by atoms with Gasteiger partial charge in [-0.2, -0.15) is 0 Å². The molecule has 66 valence electrons. The molecule has 0 saturated carbocycles. The molecule has 0 fully saturated rings. The van der Waals surface area contributed by atoms with Gasteiger partial charge in [0.2, 0.25) is 0 Å². The van der Waals surface area contributed by atoms with Crippen molar-refractivity contribution in [3.05, 3.63) is 34.3 Å². The predicted octanol–water partition coefficient (Wildman–Crippen LogP) is 5.24.